The minimum Gasteiger partial charge on any atom is -0.299 e. The highest BCUT2D eigenvalue weighted by Gasteiger charge is 2.14. The van der Waals surface area contributed by atoms with Crippen molar-refractivity contribution in [3.8, 4) is 0 Å². The highest BCUT2D eigenvalue weighted by molar-refractivity contribution is 9.10. The number of hydrogen-bond donors (Lipinski definition) is 0. The Labute approximate surface area is 83.8 Å². The van der Waals surface area contributed by atoms with Gasteiger partial charge < -0.3 is 0 Å². The van der Waals surface area contributed by atoms with Crippen molar-refractivity contribution >= 4 is 33.7 Å². The summed E-state index contributed by atoms with van der Waals surface area (Å²) >= 11 is 5.07. The molecular formula is C7H8BrN3S. The van der Waals surface area contributed by atoms with E-state index in [1.54, 1.807) is 12.4 Å². The van der Waals surface area contributed by atoms with Crippen LogP contribution in [0.3, 0.4) is 0 Å². The van der Waals surface area contributed by atoms with Crippen LogP contribution in [-0.2, 0) is 0 Å². The van der Waals surface area contributed by atoms with E-state index in [2.05, 4.69) is 30.2 Å². The minimum absolute atomic E-state index is 0.787. The molecule has 1 fully saturated rings. The van der Waals surface area contributed by atoms with Gasteiger partial charge >= 0.3 is 0 Å². The number of nitrogens with zero attached hydrogens (tertiary/aromatic N) is 3. The lowest BCUT2D eigenvalue weighted by molar-refractivity contribution is 0.964. The molecule has 0 spiro atoms. The Morgan fingerprint density at radius 2 is 2.33 bits per heavy atom. The highest BCUT2D eigenvalue weighted by atomic mass is 79.9. The van der Waals surface area contributed by atoms with Crippen LogP contribution in [0.1, 0.15) is 6.42 Å². The van der Waals surface area contributed by atoms with Gasteiger partial charge in [0, 0.05) is 12.3 Å². The van der Waals surface area contributed by atoms with Crippen molar-refractivity contribution in [1.82, 2.24) is 9.97 Å². The fourth-order valence-corrected chi connectivity index (χ4v) is 2.23. The Bertz CT molecular complexity index is 258. The molecular weight excluding hydrogens is 238 g/mol. The predicted octanol–water partition coefficient (Wildman–Crippen LogP) is 2.10. The number of anilines is 1. The van der Waals surface area contributed by atoms with Crippen molar-refractivity contribution in [1.29, 1.82) is 0 Å². The summed E-state index contributed by atoms with van der Waals surface area (Å²) in [6.07, 6.45) is 4.76. The predicted molar refractivity (Wildman–Crippen MR) is 54.2 cm³/mol. The van der Waals surface area contributed by atoms with Gasteiger partial charge in [0.05, 0.1) is 12.4 Å². The second-order valence-electron chi connectivity index (χ2n) is 2.49. The Morgan fingerprint density at radius 3 is 2.92 bits per heavy atom. The fourth-order valence-electron chi connectivity index (χ4n) is 1.06. The smallest absolute Gasteiger partial charge is 0.157 e. The molecule has 2 rings (SSSR count). The Kier molecular flexibility index (Phi) is 2.51. The fraction of sp³-hybridized carbons (Fsp3) is 0.429. The number of rotatable bonds is 1. The maximum atomic E-state index is 4.26. The molecule has 1 aliphatic heterocycles. The monoisotopic (exact) mass is 245 g/mol. The molecule has 3 nitrogen and oxygen atoms in total. The van der Waals surface area contributed by atoms with E-state index in [1.807, 2.05) is 11.9 Å². The summed E-state index contributed by atoms with van der Waals surface area (Å²) in [6, 6.07) is 0. The summed E-state index contributed by atoms with van der Waals surface area (Å²) < 4.78 is 2.97. The van der Waals surface area contributed by atoms with Gasteiger partial charge in [-0.15, -0.1) is 0 Å². The molecule has 0 atom stereocenters. The van der Waals surface area contributed by atoms with E-state index in [9.17, 15) is 0 Å². The molecule has 0 aliphatic carbocycles. The van der Waals surface area contributed by atoms with Crippen molar-refractivity contribution in [2.45, 2.75) is 6.42 Å². The molecule has 1 aliphatic rings. The average molecular weight is 246 g/mol. The van der Waals surface area contributed by atoms with Gasteiger partial charge in [-0.05, 0) is 34.3 Å². The molecule has 12 heavy (non-hydrogen) atoms. The van der Waals surface area contributed by atoms with Gasteiger partial charge in [0.15, 0.2) is 5.82 Å². The van der Waals surface area contributed by atoms with E-state index < -0.39 is 0 Å². The molecule has 0 aromatic carbocycles. The van der Waals surface area contributed by atoms with Crippen molar-refractivity contribution in [2.75, 3.05) is 16.6 Å². The van der Waals surface area contributed by atoms with Crippen molar-refractivity contribution in [2.24, 2.45) is 0 Å². The second kappa shape index (κ2) is 3.62. The minimum atomic E-state index is 0.787. The van der Waals surface area contributed by atoms with E-state index in [0.717, 1.165) is 17.0 Å². The van der Waals surface area contributed by atoms with Gasteiger partial charge in [-0.1, -0.05) is 0 Å². The number of hydrogen-bond acceptors (Lipinski definition) is 4. The van der Waals surface area contributed by atoms with Crippen LogP contribution >= 0.6 is 27.9 Å². The summed E-state index contributed by atoms with van der Waals surface area (Å²) in [7, 11) is 0. The van der Waals surface area contributed by atoms with Crippen LogP contribution < -0.4 is 4.31 Å². The zero-order chi connectivity index (χ0) is 8.39. The van der Waals surface area contributed by atoms with Gasteiger partial charge in [-0.3, -0.25) is 4.31 Å². The van der Waals surface area contributed by atoms with Crippen LogP contribution in [0.4, 0.5) is 5.82 Å². The lowest BCUT2D eigenvalue weighted by Crippen LogP contribution is -2.10. The summed E-state index contributed by atoms with van der Waals surface area (Å²) in [5, 5.41) is 0. The zero-order valence-corrected chi connectivity index (χ0v) is 8.81. The zero-order valence-electron chi connectivity index (χ0n) is 6.40. The first kappa shape index (κ1) is 8.31. The number of aromatic nitrogens is 2. The molecule has 64 valence electrons. The van der Waals surface area contributed by atoms with Gasteiger partial charge in [0.1, 0.15) is 4.60 Å². The van der Waals surface area contributed by atoms with Gasteiger partial charge in [-0.2, -0.15) is 0 Å². The maximum Gasteiger partial charge on any atom is 0.157 e. The third-order valence-corrected chi connectivity index (χ3v) is 3.18. The molecule has 0 N–H and O–H groups in total. The Hall–Kier alpha value is -0.290. The SMILES string of the molecule is Brc1cnc(N2CCCS2)cn1. The average Bonchev–Trinajstić information content (AvgIpc) is 2.58. The van der Waals surface area contributed by atoms with Gasteiger partial charge in [0.2, 0.25) is 0 Å². The molecule has 1 saturated heterocycles. The van der Waals surface area contributed by atoms with Gasteiger partial charge in [0.25, 0.3) is 0 Å². The van der Waals surface area contributed by atoms with Crippen molar-refractivity contribution in [3.63, 3.8) is 0 Å². The lowest BCUT2D eigenvalue weighted by atomic mass is 10.5. The molecule has 0 unspecified atom stereocenters. The van der Waals surface area contributed by atoms with Crippen LogP contribution in [-0.4, -0.2) is 22.3 Å². The largest absolute Gasteiger partial charge is 0.299 e. The summed E-state index contributed by atoms with van der Waals surface area (Å²) in [5.41, 5.74) is 0. The Morgan fingerprint density at radius 1 is 1.42 bits per heavy atom. The molecule has 0 radical (unpaired) electrons. The first-order valence-corrected chi connectivity index (χ1v) is 5.48. The second-order valence-corrected chi connectivity index (χ2v) is 4.41. The lowest BCUT2D eigenvalue weighted by Gasteiger charge is -2.12. The molecule has 0 amide bonds. The quantitative estimate of drug-likeness (QED) is 0.709. The normalized spacial score (nSPS) is 16.9. The van der Waals surface area contributed by atoms with E-state index in [-0.39, 0.29) is 0 Å². The van der Waals surface area contributed by atoms with E-state index in [1.165, 1.54) is 12.2 Å². The topological polar surface area (TPSA) is 29.0 Å². The van der Waals surface area contributed by atoms with E-state index in [4.69, 9.17) is 0 Å². The Balaban J connectivity index is 2.17. The molecule has 1 aromatic rings. The standard InChI is InChI=1S/C7H8BrN3S/c8-6-4-10-7(5-9-6)11-2-1-3-12-11/h4-5H,1-3H2. The first-order chi connectivity index (χ1) is 5.86. The van der Waals surface area contributed by atoms with E-state index >= 15 is 0 Å². The van der Waals surface area contributed by atoms with Gasteiger partial charge in [-0.25, -0.2) is 9.97 Å². The van der Waals surface area contributed by atoms with Crippen LogP contribution in [0.2, 0.25) is 0 Å². The van der Waals surface area contributed by atoms with E-state index in [0.29, 0.717) is 0 Å². The number of halogens is 1. The van der Waals surface area contributed by atoms with Crippen LogP contribution in [0.15, 0.2) is 17.0 Å². The van der Waals surface area contributed by atoms with Crippen LogP contribution in [0, 0.1) is 0 Å². The summed E-state index contributed by atoms with van der Waals surface area (Å²) in [4.78, 5) is 8.38. The van der Waals surface area contributed by atoms with Crippen molar-refractivity contribution in [3.05, 3.63) is 17.0 Å². The molecule has 2 heterocycles. The third-order valence-electron chi connectivity index (χ3n) is 1.61. The molecule has 0 saturated carbocycles. The molecule has 5 heteroatoms. The summed E-state index contributed by atoms with van der Waals surface area (Å²) in [5.74, 6) is 2.15. The van der Waals surface area contributed by atoms with Crippen LogP contribution in [0.5, 0.6) is 0 Å². The molecule has 0 bridgehead atoms. The van der Waals surface area contributed by atoms with Crippen molar-refractivity contribution < 1.29 is 0 Å². The first-order valence-electron chi connectivity index (χ1n) is 3.74. The summed E-state index contributed by atoms with van der Waals surface area (Å²) in [6.45, 7) is 1.08. The van der Waals surface area contributed by atoms with Crippen LogP contribution in [0.25, 0.3) is 0 Å². The highest BCUT2D eigenvalue weighted by Crippen LogP contribution is 2.25. The third kappa shape index (κ3) is 1.72. The molecule has 1 aromatic heterocycles. The maximum absolute atomic E-state index is 4.26.